The largest absolute Gasteiger partial charge is 0.444 e. The van der Waals surface area contributed by atoms with E-state index in [1.807, 2.05) is 20.8 Å². The van der Waals surface area contributed by atoms with E-state index in [1.54, 1.807) is 11.9 Å². The van der Waals surface area contributed by atoms with Crippen molar-refractivity contribution in [3.63, 3.8) is 0 Å². The van der Waals surface area contributed by atoms with Crippen LogP contribution in [0.15, 0.2) is 0 Å². The molecule has 13 heteroatoms. The highest BCUT2D eigenvalue weighted by Gasteiger charge is 2.35. The number of Topliss-reactive ketones (excluding diaryl/α,β-unsaturated/α-hetero) is 1. The van der Waals surface area contributed by atoms with Crippen LogP contribution in [0.1, 0.15) is 46.5 Å². The Hall–Kier alpha value is -2.48. The molecule has 0 saturated carbocycles. The number of cyclic esters (lactones) is 1. The number of ketones is 1. The summed E-state index contributed by atoms with van der Waals surface area (Å²) in [4.78, 5) is 43.4. The molecule has 2 unspecified atom stereocenters. The minimum absolute atomic E-state index is 0.0102. The molecule has 0 spiro atoms. The minimum atomic E-state index is -0.798. The number of unbranched alkanes of at least 4 members (excludes halogenated alkanes) is 1. The van der Waals surface area contributed by atoms with Gasteiger partial charge < -0.3 is 9.47 Å². The summed E-state index contributed by atoms with van der Waals surface area (Å²) in [7, 11) is 3.06. The molecular formula is C18H31N7O6. The van der Waals surface area contributed by atoms with E-state index in [0.29, 0.717) is 25.7 Å². The fourth-order valence-corrected chi connectivity index (χ4v) is 3.02. The molecular weight excluding hydrogens is 410 g/mol. The summed E-state index contributed by atoms with van der Waals surface area (Å²) >= 11 is 0. The zero-order chi connectivity index (χ0) is 23.0. The predicted molar refractivity (Wildman–Crippen MR) is 107 cm³/mol. The fourth-order valence-electron chi connectivity index (χ4n) is 3.02. The number of H-pyrrole nitrogens is 1. The molecule has 1 aromatic heterocycles. The number of nitrogens with one attached hydrogen (secondary N) is 2. The number of hydrogen-bond acceptors (Lipinski definition) is 11. The van der Waals surface area contributed by atoms with E-state index < -0.39 is 29.7 Å². The second-order valence-electron chi connectivity index (χ2n) is 8.17. The number of esters is 1. The maximum atomic E-state index is 13.0. The average molecular weight is 441 g/mol. The van der Waals surface area contributed by atoms with E-state index in [1.165, 1.54) is 7.11 Å². The van der Waals surface area contributed by atoms with Crippen molar-refractivity contribution in [2.45, 2.75) is 64.1 Å². The minimum Gasteiger partial charge on any atom is -0.444 e. The Morgan fingerprint density at radius 1 is 1.39 bits per heavy atom. The number of rotatable bonds is 11. The lowest BCUT2D eigenvalue weighted by molar-refractivity contribution is -0.168. The number of hydrogen-bond donors (Lipinski definition) is 2. The standard InChI is InChI=1S/C18H31N7O6/c1-18(2,3)31-10-19-12(15(27)25(29-5)17-20-22-23-21-17)8-6-7-9-13-14(26)16(28)30-11-24(13)4/h12-13,19H,6-11H2,1-5H3,(H,20,21,22,23). The topological polar surface area (TPSA) is 152 Å². The Balaban J connectivity index is 1.95. The van der Waals surface area contributed by atoms with E-state index in [0.717, 1.165) is 5.06 Å². The Bertz CT molecular complexity index is 736. The summed E-state index contributed by atoms with van der Waals surface area (Å²) in [6.45, 7) is 5.98. The van der Waals surface area contributed by atoms with E-state index in [4.69, 9.17) is 14.3 Å². The molecule has 2 N–H and O–H groups in total. The van der Waals surface area contributed by atoms with Gasteiger partial charge in [0.05, 0.1) is 31.5 Å². The highest BCUT2D eigenvalue weighted by atomic mass is 16.7. The molecule has 2 rings (SSSR count). The second-order valence-corrected chi connectivity index (χ2v) is 8.17. The smallest absolute Gasteiger partial charge is 0.377 e. The zero-order valence-electron chi connectivity index (χ0n) is 18.6. The van der Waals surface area contributed by atoms with Gasteiger partial charge in [-0.2, -0.15) is 5.21 Å². The van der Waals surface area contributed by atoms with Gasteiger partial charge in [-0.25, -0.2) is 4.79 Å². The van der Waals surface area contributed by atoms with Gasteiger partial charge in [-0.1, -0.05) is 17.9 Å². The molecule has 1 aliphatic heterocycles. The molecule has 2 atom stereocenters. The Labute approximate surface area is 180 Å². The summed E-state index contributed by atoms with van der Waals surface area (Å²) in [5.74, 6) is -1.76. The molecule has 1 aromatic rings. The van der Waals surface area contributed by atoms with Crippen LogP contribution in [0.2, 0.25) is 0 Å². The number of anilines is 1. The SMILES string of the molecule is CON(C(=O)C(CCCCC1C(=O)C(=O)OCN1C)NCOC(C)(C)C)c1nn[nH]n1. The Morgan fingerprint density at radius 2 is 2.13 bits per heavy atom. The maximum absolute atomic E-state index is 13.0. The molecule has 1 fully saturated rings. The van der Waals surface area contributed by atoms with Crippen LogP contribution in [0.3, 0.4) is 0 Å². The summed E-state index contributed by atoms with van der Waals surface area (Å²) in [5, 5.41) is 17.3. The summed E-state index contributed by atoms with van der Waals surface area (Å²) in [5.41, 5.74) is -0.379. The fraction of sp³-hybridized carbons (Fsp3) is 0.778. The third-order valence-electron chi connectivity index (χ3n) is 4.69. The van der Waals surface area contributed by atoms with Crippen molar-refractivity contribution in [1.82, 2.24) is 30.8 Å². The number of aromatic amines is 1. The second kappa shape index (κ2) is 11.2. The Kier molecular flexibility index (Phi) is 8.98. The summed E-state index contributed by atoms with van der Waals surface area (Å²) in [6, 6.07) is -1.16. The van der Waals surface area contributed by atoms with Gasteiger partial charge in [0.15, 0.2) is 0 Å². The van der Waals surface area contributed by atoms with Crippen LogP contribution in [-0.4, -0.2) is 88.5 Å². The van der Waals surface area contributed by atoms with Crippen molar-refractivity contribution in [2.75, 3.05) is 32.7 Å². The zero-order valence-corrected chi connectivity index (χ0v) is 18.6. The third kappa shape index (κ3) is 7.31. The number of carbonyl (C=O) groups is 3. The van der Waals surface area contributed by atoms with Crippen molar-refractivity contribution in [3.05, 3.63) is 0 Å². The molecule has 0 radical (unpaired) electrons. The first-order chi connectivity index (χ1) is 14.6. The van der Waals surface area contributed by atoms with Crippen LogP contribution in [-0.2, 0) is 28.7 Å². The van der Waals surface area contributed by atoms with Crippen molar-refractivity contribution in [2.24, 2.45) is 0 Å². The van der Waals surface area contributed by atoms with Gasteiger partial charge in [0.25, 0.3) is 17.6 Å². The lowest BCUT2D eigenvalue weighted by Crippen LogP contribution is -2.49. The van der Waals surface area contributed by atoms with Gasteiger partial charge in [0.1, 0.15) is 6.73 Å². The van der Waals surface area contributed by atoms with Gasteiger partial charge in [-0.15, -0.1) is 10.2 Å². The lowest BCUT2D eigenvalue weighted by atomic mass is 10.0. The molecule has 0 aromatic carbocycles. The van der Waals surface area contributed by atoms with Gasteiger partial charge in [0, 0.05) is 0 Å². The van der Waals surface area contributed by atoms with Crippen LogP contribution >= 0.6 is 0 Å². The number of likely N-dealkylation sites (N-methyl/N-ethyl adjacent to an activating group) is 1. The van der Waals surface area contributed by atoms with Gasteiger partial charge >= 0.3 is 5.97 Å². The van der Waals surface area contributed by atoms with Crippen LogP contribution < -0.4 is 10.4 Å². The maximum Gasteiger partial charge on any atom is 0.377 e. The molecule has 1 aliphatic rings. The van der Waals surface area contributed by atoms with Crippen molar-refractivity contribution in [3.8, 4) is 0 Å². The number of tetrazole rings is 1. The highest BCUT2D eigenvalue weighted by molar-refractivity contribution is 6.36. The number of nitrogens with zero attached hydrogens (tertiary/aromatic N) is 5. The molecule has 0 bridgehead atoms. The number of ether oxygens (including phenoxy) is 2. The summed E-state index contributed by atoms with van der Waals surface area (Å²) in [6.07, 6.45) is 2.19. The monoisotopic (exact) mass is 441 g/mol. The van der Waals surface area contributed by atoms with Crippen molar-refractivity contribution < 1.29 is 28.7 Å². The van der Waals surface area contributed by atoms with E-state index in [-0.39, 0.29) is 25.0 Å². The first kappa shape index (κ1) is 24.8. The molecule has 31 heavy (non-hydrogen) atoms. The predicted octanol–water partition coefficient (Wildman–Crippen LogP) is -0.231. The van der Waals surface area contributed by atoms with Crippen molar-refractivity contribution in [1.29, 1.82) is 0 Å². The lowest BCUT2D eigenvalue weighted by Gasteiger charge is -2.30. The van der Waals surface area contributed by atoms with E-state index in [2.05, 4.69) is 25.9 Å². The highest BCUT2D eigenvalue weighted by Crippen LogP contribution is 2.17. The van der Waals surface area contributed by atoms with Gasteiger partial charge in [-0.3, -0.25) is 24.6 Å². The van der Waals surface area contributed by atoms with E-state index in [9.17, 15) is 14.4 Å². The normalized spacial score (nSPS) is 18.7. The number of carbonyl (C=O) groups excluding carboxylic acids is 3. The molecule has 1 saturated heterocycles. The van der Waals surface area contributed by atoms with Gasteiger partial charge in [0.2, 0.25) is 0 Å². The number of hydroxylamine groups is 1. The first-order valence-corrected chi connectivity index (χ1v) is 10.0. The van der Waals surface area contributed by atoms with Crippen LogP contribution in [0.5, 0.6) is 0 Å². The van der Waals surface area contributed by atoms with Crippen LogP contribution in [0, 0.1) is 0 Å². The average Bonchev–Trinajstić information content (AvgIpc) is 3.23. The number of aromatic nitrogens is 4. The van der Waals surface area contributed by atoms with Crippen molar-refractivity contribution >= 4 is 23.6 Å². The van der Waals surface area contributed by atoms with Crippen LogP contribution in [0.25, 0.3) is 0 Å². The molecule has 2 heterocycles. The first-order valence-electron chi connectivity index (χ1n) is 10.0. The number of amides is 1. The van der Waals surface area contributed by atoms with Gasteiger partial charge in [-0.05, 0) is 45.9 Å². The molecule has 13 nitrogen and oxygen atoms in total. The Morgan fingerprint density at radius 3 is 2.74 bits per heavy atom. The molecule has 174 valence electrons. The summed E-state index contributed by atoms with van der Waals surface area (Å²) < 4.78 is 10.5. The van der Waals surface area contributed by atoms with Crippen LogP contribution in [0.4, 0.5) is 5.95 Å². The van der Waals surface area contributed by atoms with E-state index >= 15 is 0 Å². The quantitative estimate of drug-likeness (QED) is 0.154. The molecule has 1 amide bonds. The third-order valence-corrected chi connectivity index (χ3v) is 4.69. The molecule has 0 aliphatic carbocycles.